The number of nitrogens with one attached hydrogen (secondary N) is 1. The zero-order valence-corrected chi connectivity index (χ0v) is 13.3. The smallest absolute Gasteiger partial charge is 0.277 e. The molecule has 1 amide bonds. The Kier molecular flexibility index (Phi) is 4.95. The highest BCUT2D eigenvalue weighted by atomic mass is 79.9. The third kappa shape index (κ3) is 3.70. The molecule has 0 bridgehead atoms. The Morgan fingerprint density at radius 3 is 2.60 bits per heavy atom. The van der Waals surface area contributed by atoms with Crippen molar-refractivity contribution in [2.24, 2.45) is 7.05 Å². The molecule has 5 heteroatoms. The maximum atomic E-state index is 12.1. The number of halogens is 1. The first-order valence-corrected chi connectivity index (χ1v) is 7.49. The summed E-state index contributed by atoms with van der Waals surface area (Å²) in [5, 5.41) is 6.97. The van der Waals surface area contributed by atoms with Crippen molar-refractivity contribution < 1.29 is 4.79 Å². The molecule has 0 aliphatic heterocycles. The van der Waals surface area contributed by atoms with Gasteiger partial charge in [0.25, 0.3) is 5.91 Å². The Morgan fingerprint density at radius 2 is 2.05 bits per heavy atom. The molecule has 20 heavy (non-hydrogen) atoms. The lowest BCUT2D eigenvalue weighted by molar-refractivity contribution is 0.102. The summed E-state index contributed by atoms with van der Waals surface area (Å²) in [6.45, 7) is 2.18. The van der Waals surface area contributed by atoms with Crippen molar-refractivity contribution in [3.05, 3.63) is 46.2 Å². The van der Waals surface area contributed by atoms with Gasteiger partial charge in [0.05, 0.1) is 4.47 Å². The Morgan fingerprint density at radius 1 is 1.35 bits per heavy atom. The van der Waals surface area contributed by atoms with Gasteiger partial charge in [0.15, 0.2) is 5.69 Å². The molecule has 0 fully saturated rings. The van der Waals surface area contributed by atoms with Crippen molar-refractivity contribution in [1.29, 1.82) is 0 Å². The van der Waals surface area contributed by atoms with Gasteiger partial charge in [0, 0.05) is 18.9 Å². The monoisotopic (exact) mass is 335 g/mol. The maximum Gasteiger partial charge on any atom is 0.277 e. The number of aromatic nitrogens is 2. The van der Waals surface area contributed by atoms with Crippen molar-refractivity contribution in [2.75, 3.05) is 5.32 Å². The fourth-order valence-electron chi connectivity index (χ4n) is 1.94. The van der Waals surface area contributed by atoms with Gasteiger partial charge < -0.3 is 5.32 Å². The second-order valence-corrected chi connectivity index (χ2v) is 5.61. The Hall–Kier alpha value is -1.62. The lowest BCUT2D eigenvalue weighted by Crippen LogP contribution is -2.13. The first-order chi connectivity index (χ1) is 9.60. The van der Waals surface area contributed by atoms with E-state index in [0.29, 0.717) is 10.2 Å². The van der Waals surface area contributed by atoms with E-state index in [1.54, 1.807) is 17.9 Å². The minimum Gasteiger partial charge on any atom is -0.321 e. The Bertz CT molecular complexity index is 590. The van der Waals surface area contributed by atoms with Gasteiger partial charge >= 0.3 is 0 Å². The molecule has 1 aromatic carbocycles. The van der Waals surface area contributed by atoms with Crippen LogP contribution in [0.15, 0.2) is 34.9 Å². The number of unbranched alkanes of at least 4 members (excludes halogenated alkanes) is 1. The molecule has 0 unspecified atom stereocenters. The van der Waals surface area contributed by atoms with E-state index in [2.05, 4.69) is 45.4 Å². The van der Waals surface area contributed by atoms with Crippen LogP contribution in [0.4, 0.5) is 5.69 Å². The number of aryl methyl sites for hydroxylation is 2. The average molecular weight is 336 g/mol. The van der Waals surface area contributed by atoms with Crippen LogP contribution in [0.2, 0.25) is 0 Å². The van der Waals surface area contributed by atoms with Crippen LogP contribution < -0.4 is 5.32 Å². The summed E-state index contributed by atoms with van der Waals surface area (Å²) in [5.74, 6) is -0.209. The number of amides is 1. The third-order valence-electron chi connectivity index (χ3n) is 3.03. The summed E-state index contributed by atoms with van der Waals surface area (Å²) in [7, 11) is 1.78. The molecule has 1 aromatic heterocycles. The molecule has 0 aliphatic carbocycles. The topological polar surface area (TPSA) is 46.9 Å². The molecule has 0 atom stereocenters. The highest BCUT2D eigenvalue weighted by Gasteiger charge is 2.14. The van der Waals surface area contributed by atoms with Gasteiger partial charge in [-0.3, -0.25) is 9.48 Å². The highest BCUT2D eigenvalue weighted by molar-refractivity contribution is 9.10. The summed E-state index contributed by atoms with van der Waals surface area (Å²) in [4.78, 5) is 12.1. The van der Waals surface area contributed by atoms with E-state index in [0.717, 1.165) is 12.1 Å². The standard InChI is InChI=1S/C15H18BrN3O/c1-3-4-5-11-6-8-12(9-7-11)17-15(20)14-13(16)10-19(2)18-14/h6-10H,3-5H2,1-2H3,(H,17,20). The Balaban J connectivity index is 2.02. The van der Waals surface area contributed by atoms with Crippen LogP contribution in [0, 0.1) is 0 Å². The normalized spacial score (nSPS) is 10.6. The fourth-order valence-corrected chi connectivity index (χ4v) is 2.50. The highest BCUT2D eigenvalue weighted by Crippen LogP contribution is 2.17. The molecule has 1 N–H and O–H groups in total. The predicted octanol–water partition coefficient (Wildman–Crippen LogP) is 3.78. The molecule has 0 saturated heterocycles. The van der Waals surface area contributed by atoms with E-state index >= 15 is 0 Å². The SMILES string of the molecule is CCCCc1ccc(NC(=O)c2nn(C)cc2Br)cc1. The van der Waals surface area contributed by atoms with Gasteiger partial charge in [0.2, 0.25) is 0 Å². The number of nitrogens with zero attached hydrogens (tertiary/aromatic N) is 2. The largest absolute Gasteiger partial charge is 0.321 e. The van der Waals surface area contributed by atoms with E-state index in [1.165, 1.54) is 18.4 Å². The number of carbonyl (C=O) groups excluding carboxylic acids is 1. The van der Waals surface area contributed by atoms with Gasteiger partial charge in [-0.2, -0.15) is 5.10 Å². The molecule has 0 radical (unpaired) electrons. The van der Waals surface area contributed by atoms with Gasteiger partial charge in [0.1, 0.15) is 0 Å². The molecule has 2 aromatic rings. The van der Waals surface area contributed by atoms with Gasteiger partial charge in [-0.15, -0.1) is 0 Å². The minimum atomic E-state index is -0.209. The van der Waals surface area contributed by atoms with Crippen LogP contribution in [-0.4, -0.2) is 15.7 Å². The van der Waals surface area contributed by atoms with Crippen molar-refractivity contribution in [1.82, 2.24) is 9.78 Å². The van der Waals surface area contributed by atoms with E-state index in [9.17, 15) is 4.79 Å². The zero-order chi connectivity index (χ0) is 14.5. The van der Waals surface area contributed by atoms with Gasteiger partial charge in [-0.25, -0.2) is 0 Å². The molecule has 106 valence electrons. The van der Waals surface area contributed by atoms with Crippen LogP contribution in [0.5, 0.6) is 0 Å². The van der Waals surface area contributed by atoms with E-state index < -0.39 is 0 Å². The second-order valence-electron chi connectivity index (χ2n) is 4.75. The molecule has 0 spiro atoms. The van der Waals surface area contributed by atoms with Crippen molar-refractivity contribution in [2.45, 2.75) is 26.2 Å². The van der Waals surface area contributed by atoms with E-state index in [1.807, 2.05) is 12.1 Å². The number of anilines is 1. The number of hydrogen-bond donors (Lipinski definition) is 1. The zero-order valence-electron chi connectivity index (χ0n) is 11.7. The summed E-state index contributed by atoms with van der Waals surface area (Å²) in [5.41, 5.74) is 2.47. The molecular formula is C15H18BrN3O. The predicted molar refractivity (Wildman–Crippen MR) is 83.9 cm³/mol. The number of rotatable bonds is 5. The van der Waals surface area contributed by atoms with Gasteiger partial charge in [-0.1, -0.05) is 25.5 Å². The molecule has 4 nitrogen and oxygen atoms in total. The van der Waals surface area contributed by atoms with E-state index in [4.69, 9.17) is 0 Å². The molecule has 0 aliphatic rings. The van der Waals surface area contributed by atoms with Crippen LogP contribution in [0.3, 0.4) is 0 Å². The summed E-state index contributed by atoms with van der Waals surface area (Å²) >= 11 is 3.33. The Labute approximate surface area is 127 Å². The van der Waals surface area contributed by atoms with Crippen molar-refractivity contribution in [3.8, 4) is 0 Å². The second kappa shape index (κ2) is 6.70. The molecule has 2 rings (SSSR count). The lowest BCUT2D eigenvalue weighted by atomic mass is 10.1. The van der Waals surface area contributed by atoms with Crippen LogP contribution in [-0.2, 0) is 13.5 Å². The summed E-state index contributed by atoms with van der Waals surface area (Å²) in [6.07, 6.45) is 5.21. The summed E-state index contributed by atoms with van der Waals surface area (Å²) < 4.78 is 2.30. The maximum absolute atomic E-state index is 12.1. The first-order valence-electron chi connectivity index (χ1n) is 6.69. The van der Waals surface area contributed by atoms with Crippen molar-refractivity contribution in [3.63, 3.8) is 0 Å². The van der Waals surface area contributed by atoms with Gasteiger partial charge in [-0.05, 0) is 46.5 Å². The third-order valence-corrected chi connectivity index (χ3v) is 3.61. The minimum absolute atomic E-state index is 0.209. The first kappa shape index (κ1) is 14.8. The number of benzene rings is 1. The van der Waals surface area contributed by atoms with Crippen LogP contribution >= 0.6 is 15.9 Å². The van der Waals surface area contributed by atoms with Crippen molar-refractivity contribution >= 4 is 27.5 Å². The van der Waals surface area contributed by atoms with Crippen LogP contribution in [0.1, 0.15) is 35.8 Å². The molecular weight excluding hydrogens is 318 g/mol. The molecule has 0 saturated carbocycles. The summed E-state index contributed by atoms with van der Waals surface area (Å²) in [6, 6.07) is 7.97. The fraction of sp³-hybridized carbons (Fsp3) is 0.333. The number of hydrogen-bond acceptors (Lipinski definition) is 2. The quantitative estimate of drug-likeness (QED) is 0.903. The number of carbonyl (C=O) groups is 1. The molecule has 1 heterocycles. The average Bonchev–Trinajstić information content (AvgIpc) is 2.77. The van der Waals surface area contributed by atoms with Crippen LogP contribution in [0.25, 0.3) is 0 Å². The van der Waals surface area contributed by atoms with E-state index in [-0.39, 0.29) is 5.91 Å². The lowest BCUT2D eigenvalue weighted by Gasteiger charge is -2.05.